The Labute approximate surface area is 175 Å². The number of nitrogens with two attached hydrogens (primary N) is 1. The van der Waals surface area contributed by atoms with Crippen LogP contribution in [-0.4, -0.2) is 30.8 Å². The summed E-state index contributed by atoms with van der Waals surface area (Å²) in [7, 11) is 0. The third kappa shape index (κ3) is 4.64. The third-order valence-electron chi connectivity index (χ3n) is 6.56. The number of carbonyl (C=O) groups is 1. The van der Waals surface area contributed by atoms with Crippen LogP contribution in [0.4, 0.5) is 5.69 Å². The lowest BCUT2D eigenvalue weighted by Crippen LogP contribution is -2.74. The van der Waals surface area contributed by atoms with Crippen LogP contribution in [0, 0.1) is 11.3 Å². The van der Waals surface area contributed by atoms with Crippen molar-refractivity contribution in [2.75, 3.05) is 18.5 Å². The molecule has 2 unspecified atom stereocenters. The first-order chi connectivity index (χ1) is 12.9. The van der Waals surface area contributed by atoms with Gasteiger partial charge in [-0.05, 0) is 49.9 Å². The molecule has 28 heavy (non-hydrogen) atoms. The van der Waals surface area contributed by atoms with Crippen molar-refractivity contribution in [3.05, 3.63) is 24.3 Å². The molecule has 0 aromatic heterocycles. The van der Waals surface area contributed by atoms with Gasteiger partial charge >= 0.3 is 0 Å². The summed E-state index contributed by atoms with van der Waals surface area (Å²) >= 11 is 0. The van der Waals surface area contributed by atoms with Gasteiger partial charge in [-0.15, -0.1) is 12.4 Å². The van der Waals surface area contributed by atoms with E-state index >= 15 is 0 Å². The normalized spacial score (nSPS) is 26.6. The molecule has 3 rings (SSSR count). The number of rotatable bonds is 7. The molecule has 2 fully saturated rings. The third-order valence-corrected chi connectivity index (χ3v) is 6.56. The van der Waals surface area contributed by atoms with Crippen molar-refractivity contribution >= 4 is 24.0 Å². The van der Waals surface area contributed by atoms with E-state index in [-0.39, 0.29) is 24.4 Å². The van der Waals surface area contributed by atoms with Gasteiger partial charge in [-0.2, -0.15) is 0 Å². The summed E-state index contributed by atoms with van der Waals surface area (Å²) in [6, 6.07) is 7.58. The Morgan fingerprint density at radius 2 is 1.82 bits per heavy atom. The molecule has 5 nitrogen and oxygen atoms in total. The van der Waals surface area contributed by atoms with Crippen LogP contribution in [-0.2, 0) is 9.53 Å². The van der Waals surface area contributed by atoms with Crippen LogP contribution in [0.25, 0.3) is 0 Å². The van der Waals surface area contributed by atoms with Gasteiger partial charge in [0.15, 0.2) is 0 Å². The fraction of sp³-hybridized carbons (Fsp3) is 0.682. The first kappa shape index (κ1) is 23.0. The summed E-state index contributed by atoms with van der Waals surface area (Å²) in [5, 5.41) is 2.96. The molecule has 0 heterocycles. The van der Waals surface area contributed by atoms with Crippen molar-refractivity contribution in [3.63, 3.8) is 0 Å². The Morgan fingerprint density at radius 1 is 1.18 bits per heavy atom. The molecule has 158 valence electrons. The van der Waals surface area contributed by atoms with Crippen molar-refractivity contribution in [1.29, 1.82) is 0 Å². The van der Waals surface area contributed by atoms with Gasteiger partial charge in [-0.1, -0.05) is 33.1 Å². The second-order valence-electron chi connectivity index (χ2n) is 8.63. The first-order valence-electron chi connectivity index (χ1n) is 10.3. The summed E-state index contributed by atoms with van der Waals surface area (Å²) in [6.45, 7) is 7.38. The van der Waals surface area contributed by atoms with Crippen molar-refractivity contribution in [1.82, 2.24) is 0 Å². The zero-order valence-electron chi connectivity index (χ0n) is 17.3. The predicted octanol–water partition coefficient (Wildman–Crippen LogP) is 4.54. The molecular weight excluding hydrogens is 376 g/mol. The molecule has 2 aliphatic rings. The van der Waals surface area contributed by atoms with Crippen LogP contribution in [0.5, 0.6) is 5.75 Å². The molecule has 3 N–H and O–H groups in total. The number of anilines is 1. The number of amides is 1. The van der Waals surface area contributed by atoms with Gasteiger partial charge < -0.3 is 20.5 Å². The lowest BCUT2D eigenvalue weighted by Gasteiger charge is -2.57. The van der Waals surface area contributed by atoms with E-state index in [1.165, 1.54) is 32.1 Å². The molecule has 1 aromatic carbocycles. The Kier molecular flexibility index (Phi) is 7.77. The van der Waals surface area contributed by atoms with Crippen LogP contribution in [0.3, 0.4) is 0 Å². The highest BCUT2D eigenvalue weighted by molar-refractivity contribution is 5.99. The van der Waals surface area contributed by atoms with E-state index in [0.717, 1.165) is 18.0 Å². The van der Waals surface area contributed by atoms with Gasteiger partial charge in [0.25, 0.3) is 0 Å². The molecule has 0 saturated heterocycles. The molecule has 2 atom stereocenters. The van der Waals surface area contributed by atoms with Crippen molar-refractivity contribution < 1.29 is 14.3 Å². The highest BCUT2D eigenvalue weighted by Gasteiger charge is 2.62. The number of nitrogens with one attached hydrogen (secondary N) is 1. The number of halogens is 1. The fourth-order valence-corrected chi connectivity index (χ4v) is 4.27. The fourth-order valence-electron chi connectivity index (χ4n) is 4.27. The first-order valence-corrected chi connectivity index (χ1v) is 10.3. The minimum atomic E-state index is -0.914. The van der Waals surface area contributed by atoms with Crippen molar-refractivity contribution in [2.24, 2.45) is 17.1 Å². The topological polar surface area (TPSA) is 73.6 Å². The van der Waals surface area contributed by atoms with E-state index in [4.69, 9.17) is 15.2 Å². The Hall–Kier alpha value is -1.30. The quantitative estimate of drug-likeness (QED) is 0.692. The van der Waals surface area contributed by atoms with Crippen molar-refractivity contribution in [2.45, 2.75) is 70.9 Å². The lowest BCUT2D eigenvalue weighted by molar-refractivity contribution is -0.166. The van der Waals surface area contributed by atoms with E-state index in [1.807, 2.05) is 45.0 Å². The van der Waals surface area contributed by atoms with Crippen LogP contribution < -0.4 is 15.8 Å². The minimum absolute atomic E-state index is 0. The second-order valence-corrected chi connectivity index (χ2v) is 8.63. The number of carbonyl (C=O) groups excluding carboxylic acids is 1. The molecule has 1 aromatic rings. The largest absolute Gasteiger partial charge is 0.493 e. The number of benzene rings is 1. The summed E-state index contributed by atoms with van der Waals surface area (Å²) < 4.78 is 11.6. The Morgan fingerprint density at radius 3 is 2.39 bits per heavy atom. The highest BCUT2D eigenvalue weighted by atomic mass is 35.5. The maximum Gasteiger partial charge on any atom is 0.245 e. The van der Waals surface area contributed by atoms with Crippen LogP contribution in [0.1, 0.15) is 59.3 Å². The molecule has 0 bridgehead atoms. The maximum absolute atomic E-state index is 12.8. The summed E-state index contributed by atoms with van der Waals surface area (Å²) in [5.41, 5.74) is 5.87. The molecule has 0 spiro atoms. The summed E-state index contributed by atoms with van der Waals surface area (Å²) in [5.74, 6) is 1.37. The van der Waals surface area contributed by atoms with Gasteiger partial charge in [0.05, 0.1) is 12.7 Å². The number of ether oxygens (including phenoxy) is 2. The maximum atomic E-state index is 12.8. The van der Waals surface area contributed by atoms with Crippen LogP contribution in [0.15, 0.2) is 24.3 Å². The molecular formula is C22H35ClN2O3. The molecule has 0 radical (unpaired) electrons. The zero-order chi connectivity index (χ0) is 19.5. The number of hydrogen-bond acceptors (Lipinski definition) is 4. The zero-order valence-corrected chi connectivity index (χ0v) is 18.1. The van der Waals surface area contributed by atoms with Gasteiger partial charge in [0.1, 0.15) is 11.3 Å². The van der Waals surface area contributed by atoms with E-state index in [1.54, 1.807) is 0 Å². The van der Waals surface area contributed by atoms with E-state index in [0.29, 0.717) is 18.9 Å². The molecule has 0 aliphatic heterocycles. The van der Waals surface area contributed by atoms with Gasteiger partial charge in [0, 0.05) is 24.1 Å². The van der Waals surface area contributed by atoms with Crippen LogP contribution in [0.2, 0.25) is 0 Å². The van der Waals surface area contributed by atoms with Gasteiger partial charge in [-0.25, -0.2) is 0 Å². The molecule has 2 saturated carbocycles. The average Bonchev–Trinajstić information content (AvgIpc) is 2.68. The van der Waals surface area contributed by atoms with E-state index in [9.17, 15) is 4.79 Å². The summed E-state index contributed by atoms with van der Waals surface area (Å²) in [6.07, 6.45) is 7.10. The lowest BCUT2D eigenvalue weighted by atomic mass is 9.54. The Balaban J connectivity index is 0.00000280. The van der Waals surface area contributed by atoms with Crippen LogP contribution >= 0.6 is 12.4 Å². The van der Waals surface area contributed by atoms with Gasteiger partial charge in [-0.3, -0.25) is 4.79 Å². The average molecular weight is 411 g/mol. The smallest absolute Gasteiger partial charge is 0.245 e. The van der Waals surface area contributed by atoms with E-state index in [2.05, 4.69) is 5.32 Å². The van der Waals surface area contributed by atoms with Gasteiger partial charge in [0.2, 0.25) is 5.91 Å². The monoisotopic (exact) mass is 410 g/mol. The Bertz CT molecular complexity index is 644. The summed E-state index contributed by atoms with van der Waals surface area (Å²) in [4.78, 5) is 12.8. The SMILES string of the molecule is CCOC1CC(N)(C(=O)Nc2ccc(OCC3CCCCC3)cc2)C1(C)C.Cl. The predicted molar refractivity (Wildman–Crippen MR) is 115 cm³/mol. The molecule has 6 heteroatoms. The molecule has 1 amide bonds. The number of hydrogen-bond donors (Lipinski definition) is 2. The van der Waals surface area contributed by atoms with E-state index < -0.39 is 11.0 Å². The highest BCUT2D eigenvalue weighted by Crippen LogP contribution is 2.50. The molecule has 2 aliphatic carbocycles. The second kappa shape index (κ2) is 9.47. The standard InChI is InChI=1S/C22H34N2O3.ClH/c1-4-26-19-14-22(23,21(19,2)3)20(25)24-17-10-12-18(13-11-17)27-15-16-8-6-5-7-9-16;/h10-13,16,19H,4-9,14-15,23H2,1-3H3,(H,24,25);1H. The van der Waals surface area contributed by atoms with Crippen molar-refractivity contribution in [3.8, 4) is 5.75 Å². The minimum Gasteiger partial charge on any atom is -0.493 e.